The Labute approximate surface area is 112 Å². The van der Waals surface area contributed by atoms with Crippen LogP contribution in [0, 0.1) is 6.92 Å². The molecule has 17 heavy (non-hydrogen) atoms. The highest BCUT2D eigenvalue weighted by Crippen LogP contribution is 2.29. The SMILES string of the molecule is Cc1c(N)cnc(N(C)CCCN(C)C)c1Br. The van der Waals surface area contributed by atoms with E-state index in [4.69, 9.17) is 5.73 Å². The molecule has 0 bridgehead atoms. The molecule has 0 unspecified atom stereocenters. The number of nitrogens with zero attached hydrogens (tertiary/aromatic N) is 3. The molecule has 0 fully saturated rings. The number of halogens is 1. The van der Waals surface area contributed by atoms with Gasteiger partial charge in [-0.1, -0.05) is 0 Å². The summed E-state index contributed by atoms with van der Waals surface area (Å²) < 4.78 is 0.991. The summed E-state index contributed by atoms with van der Waals surface area (Å²) in [5.41, 5.74) is 7.59. The second-order valence-electron chi connectivity index (χ2n) is 4.55. The molecule has 5 heteroatoms. The molecule has 4 nitrogen and oxygen atoms in total. The number of rotatable bonds is 5. The van der Waals surface area contributed by atoms with E-state index in [0.717, 1.165) is 41.1 Å². The molecule has 0 atom stereocenters. The van der Waals surface area contributed by atoms with Crippen molar-refractivity contribution in [2.45, 2.75) is 13.3 Å². The van der Waals surface area contributed by atoms with Crippen LogP contribution in [0.5, 0.6) is 0 Å². The topological polar surface area (TPSA) is 45.4 Å². The Kier molecular flexibility index (Phi) is 5.21. The Morgan fingerprint density at radius 2 is 1.94 bits per heavy atom. The van der Waals surface area contributed by atoms with Gasteiger partial charge in [0.15, 0.2) is 0 Å². The fourth-order valence-electron chi connectivity index (χ4n) is 1.57. The Balaban J connectivity index is 2.69. The van der Waals surface area contributed by atoms with Gasteiger partial charge >= 0.3 is 0 Å². The third-order valence-corrected chi connectivity index (χ3v) is 3.69. The van der Waals surface area contributed by atoms with E-state index in [1.807, 2.05) is 6.92 Å². The summed E-state index contributed by atoms with van der Waals surface area (Å²) in [6.07, 6.45) is 2.83. The van der Waals surface area contributed by atoms with E-state index in [9.17, 15) is 0 Å². The lowest BCUT2D eigenvalue weighted by molar-refractivity contribution is 0.401. The molecule has 1 rings (SSSR count). The fourth-order valence-corrected chi connectivity index (χ4v) is 2.21. The molecule has 0 aromatic carbocycles. The van der Waals surface area contributed by atoms with Crippen molar-refractivity contribution in [3.8, 4) is 0 Å². The van der Waals surface area contributed by atoms with Gasteiger partial charge in [-0.25, -0.2) is 4.98 Å². The van der Waals surface area contributed by atoms with E-state index in [1.165, 1.54) is 0 Å². The van der Waals surface area contributed by atoms with Gasteiger partial charge in [-0.15, -0.1) is 0 Å². The van der Waals surface area contributed by atoms with Crippen molar-refractivity contribution in [3.05, 3.63) is 16.2 Å². The summed E-state index contributed by atoms with van der Waals surface area (Å²) in [6, 6.07) is 0. The van der Waals surface area contributed by atoms with E-state index in [-0.39, 0.29) is 0 Å². The largest absolute Gasteiger partial charge is 0.397 e. The van der Waals surface area contributed by atoms with Crippen molar-refractivity contribution in [2.75, 3.05) is 44.9 Å². The second-order valence-corrected chi connectivity index (χ2v) is 5.35. The Bertz CT molecular complexity index is 379. The van der Waals surface area contributed by atoms with Gasteiger partial charge in [-0.05, 0) is 55.5 Å². The van der Waals surface area contributed by atoms with Gasteiger partial charge < -0.3 is 15.5 Å². The van der Waals surface area contributed by atoms with E-state index in [1.54, 1.807) is 6.20 Å². The van der Waals surface area contributed by atoms with Crippen LogP contribution in [0.4, 0.5) is 11.5 Å². The molecular formula is C12H21BrN4. The number of pyridine rings is 1. The van der Waals surface area contributed by atoms with Gasteiger partial charge in [-0.3, -0.25) is 0 Å². The quantitative estimate of drug-likeness (QED) is 0.905. The minimum Gasteiger partial charge on any atom is -0.397 e. The normalized spacial score (nSPS) is 10.9. The molecule has 96 valence electrons. The third kappa shape index (κ3) is 3.85. The Morgan fingerprint density at radius 3 is 2.53 bits per heavy atom. The number of hydrogen-bond acceptors (Lipinski definition) is 4. The average Bonchev–Trinajstić information content (AvgIpc) is 2.25. The molecule has 0 saturated carbocycles. The Morgan fingerprint density at radius 1 is 1.29 bits per heavy atom. The molecule has 0 saturated heterocycles. The highest BCUT2D eigenvalue weighted by Gasteiger charge is 2.11. The van der Waals surface area contributed by atoms with Crippen LogP contribution < -0.4 is 10.6 Å². The molecule has 1 aromatic rings. The zero-order valence-electron chi connectivity index (χ0n) is 11.0. The minimum atomic E-state index is 0.724. The number of anilines is 2. The van der Waals surface area contributed by atoms with Gasteiger partial charge in [0.2, 0.25) is 0 Å². The maximum absolute atomic E-state index is 5.81. The van der Waals surface area contributed by atoms with E-state index in [2.05, 4.69) is 51.9 Å². The smallest absolute Gasteiger partial charge is 0.143 e. The predicted octanol–water partition coefficient (Wildman–Crippen LogP) is 2.12. The summed E-state index contributed by atoms with van der Waals surface area (Å²) >= 11 is 3.56. The first kappa shape index (κ1) is 14.3. The summed E-state index contributed by atoms with van der Waals surface area (Å²) in [4.78, 5) is 8.71. The van der Waals surface area contributed by atoms with Crippen molar-refractivity contribution < 1.29 is 0 Å². The number of aromatic nitrogens is 1. The standard InChI is InChI=1S/C12H21BrN4/c1-9-10(14)8-15-12(11(9)13)17(4)7-5-6-16(2)3/h8H,5-7,14H2,1-4H3. The summed E-state index contributed by atoms with van der Waals surface area (Å²) in [5, 5.41) is 0. The minimum absolute atomic E-state index is 0.724. The van der Waals surface area contributed by atoms with E-state index >= 15 is 0 Å². The molecular weight excluding hydrogens is 280 g/mol. The van der Waals surface area contributed by atoms with Gasteiger partial charge in [0, 0.05) is 13.6 Å². The third-order valence-electron chi connectivity index (χ3n) is 2.74. The first-order chi connectivity index (χ1) is 7.93. The van der Waals surface area contributed by atoms with Crippen molar-refractivity contribution in [1.29, 1.82) is 0 Å². The summed E-state index contributed by atoms with van der Waals surface area (Å²) in [6.45, 7) is 4.06. The lowest BCUT2D eigenvalue weighted by Crippen LogP contribution is -2.24. The van der Waals surface area contributed by atoms with Crippen LogP contribution in [0.1, 0.15) is 12.0 Å². The maximum atomic E-state index is 5.81. The van der Waals surface area contributed by atoms with Gasteiger partial charge in [-0.2, -0.15) is 0 Å². The van der Waals surface area contributed by atoms with Crippen LogP contribution >= 0.6 is 15.9 Å². The van der Waals surface area contributed by atoms with Crippen LogP contribution in [-0.4, -0.2) is 44.1 Å². The highest BCUT2D eigenvalue weighted by atomic mass is 79.9. The van der Waals surface area contributed by atoms with Crippen LogP contribution in [0.25, 0.3) is 0 Å². The zero-order chi connectivity index (χ0) is 13.0. The van der Waals surface area contributed by atoms with Gasteiger partial charge in [0.25, 0.3) is 0 Å². The molecule has 0 aliphatic heterocycles. The van der Waals surface area contributed by atoms with Crippen molar-refractivity contribution in [2.24, 2.45) is 0 Å². The average molecular weight is 301 g/mol. The molecule has 0 spiro atoms. The molecule has 1 heterocycles. The molecule has 0 aliphatic carbocycles. The summed E-state index contributed by atoms with van der Waals surface area (Å²) in [7, 11) is 6.22. The van der Waals surface area contributed by atoms with Crippen molar-refractivity contribution in [1.82, 2.24) is 9.88 Å². The lowest BCUT2D eigenvalue weighted by Gasteiger charge is -2.21. The maximum Gasteiger partial charge on any atom is 0.143 e. The molecule has 0 amide bonds. The van der Waals surface area contributed by atoms with Crippen LogP contribution in [0.3, 0.4) is 0 Å². The van der Waals surface area contributed by atoms with Crippen molar-refractivity contribution in [3.63, 3.8) is 0 Å². The first-order valence-electron chi connectivity index (χ1n) is 5.70. The molecule has 0 radical (unpaired) electrons. The van der Waals surface area contributed by atoms with Crippen LogP contribution in [-0.2, 0) is 0 Å². The lowest BCUT2D eigenvalue weighted by atomic mass is 10.2. The van der Waals surface area contributed by atoms with Gasteiger partial charge in [0.1, 0.15) is 5.82 Å². The molecule has 1 aromatic heterocycles. The Hall–Kier alpha value is -0.810. The van der Waals surface area contributed by atoms with E-state index in [0.29, 0.717) is 0 Å². The number of nitrogen functional groups attached to an aromatic ring is 1. The van der Waals surface area contributed by atoms with Crippen LogP contribution in [0.2, 0.25) is 0 Å². The van der Waals surface area contributed by atoms with Crippen LogP contribution in [0.15, 0.2) is 10.7 Å². The van der Waals surface area contributed by atoms with Crippen molar-refractivity contribution >= 4 is 27.4 Å². The summed E-state index contributed by atoms with van der Waals surface area (Å²) in [5.74, 6) is 0.954. The molecule has 0 aliphatic rings. The van der Waals surface area contributed by atoms with E-state index < -0.39 is 0 Å². The number of nitrogens with two attached hydrogens (primary N) is 1. The highest BCUT2D eigenvalue weighted by molar-refractivity contribution is 9.10. The number of hydrogen-bond donors (Lipinski definition) is 1. The monoisotopic (exact) mass is 300 g/mol. The zero-order valence-corrected chi connectivity index (χ0v) is 12.6. The first-order valence-corrected chi connectivity index (χ1v) is 6.49. The predicted molar refractivity (Wildman–Crippen MR) is 77.5 cm³/mol. The second kappa shape index (κ2) is 6.21. The fraction of sp³-hybridized carbons (Fsp3) is 0.583. The molecule has 2 N–H and O–H groups in total. The van der Waals surface area contributed by atoms with Gasteiger partial charge in [0.05, 0.1) is 16.4 Å².